The zero-order valence-electron chi connectivity index (χ0n) is 18.2. The summed E-state index contributed by atoms with van der Waals surface area (Å²) in [4.78, 5) is 4.81. The third kappa shape index (κ3) is 2.49. The molecule has 0 spiro atoms. The number of fused-ring (bicyclic) bond motifs is 1. The van der Waals surface area contributed by atoms with Crippen molar-refractivity contribution in [2.75, 3.05) is 0 Å². The van der Waals surface area contributed by atoms with E-state index in [0.29, 0.717) is 0 Å². The Bertz CT molecular complexity index is 1040. The molecule has 0 fully saturated rings. The second kappa shape index (κ2) is 6.04. The van der Waals surface area contributed by atoms with E-state index in [1.165, 1.54) is 33.4 Å². The van der Waals surface area contributed by atoms with Crippen LogP contribution in [-0.4, -0.2) is 4.98 Å². The number of rotatable bonds is 2. The van der Waals surface area contributed by atoms with Crippen molar-refractivity contribution in [3.63, 3.8) is 0 Å². The van der Waals surface area contributed by atoms with Gasteiger partial charge < -0.3 is 0 Å². The molecule has 0 saturated heterocycles. The van der Waals surface area contributed by atoms with Crippen LogP contribution in [0.3, 0.4) is 0 Å². The van der Waals surface area contributed by atoms with Gasteiger partial charge in [-0.3, -0.25) is 4.98 Å². The molecule has 1 aliphatic carbocycles. The van der Waals surface area contributed by atoms with Gasteiger partial charge in [-0.15, -0.1) is 0 Å². The van der Waals surface area contributed by atoms with E-state index in [1.54, 1.807) is 0 Å². The van der Waals surface area contributed by atoms with Crippen molar-refractivity contribution in [1.82, 2.24) is 4.98 Å². The molecule has 1 heteroatoms. The fraction of sp³-hybridized carbons (Fsp3) is 0.370. The third-order valence-corrected chi connectivity index (χ3v) is 8.01. The summed E-state index contributed by atoms with van der Waals surface area (Å²) in [7, 11) is 0. The Labute approximate surface area is 169 Å². The SMILES string of the molecule is Cc1ccccc1-c1ccc(-c2ccc3c(c2)C(C)(C)C(C)(C)C3(C)C)nc1. The van der Waals surface area contributed by atoms with Gasteiger partial charge in [-0.05, 0) is 57.6 Å². The third-order valence-electron chi connectivity index (χ3n) is 8.01. The molecule has 144 valence electrons. The largest absolute Gasteiger partial charge is 0.256 e. The van der Waals surface area contributed by atoms with Crippen LogP contribution in [0.5, 0.6) is 0 Å². The Morgan fingerprint density at radius 2 is 1.32 bits per heavy atom. The first-order chi connectivity index (χ1) is 13.1. The van der Waals surface area contributed by atoms with E-state index >= 15 is 0 Å². The van der Waals surface area contributed by atoms with Crippen LogP contribution in [0.1, 0.15) is 58.2 Å². The van der Waals surface area contributed by atoms with Crippen molar-refractivity contribution in [1.29, 1.82) is 0 Å². The monoisotopic (exact) mass is 369 g/mol. The first-order valence-electron chi connectivity index (χ1n) is 10.2. The predicted octanol–water partition coefficient (Wildman–Crippen LogP) is 7.32. The number of aryl methyl sites for hydroxylation is 1. The van der Waals surface area contributed by atoms with Crippen molar-refractivity contribution < 1.29 is 0 Å². The summed E-state index contributed by atoms with van der Waals surface area (Å²) in [6.45, 7) is 16.5. The molecule has 0 amide bonds. The topological polar surface area (TPSA) is 12.9 Å². The van der Waals surface area contributed by atoms with E-state index in [0.717, 1.165) is 5.69 Å². The van der Waals surface area contributed by atoms with Gasteiger partial charge in [-0.2, -0.15) is 0 Å². The van der Waals surface area contributed by atoms with Gasteiger partial charge in [0.05, 0.1) is 5.69 Å². The fourth-order valence-corrected chi connectivity index (χ4v) is 4.84. The molecule has 2 aromatic carbocycles. The number of hydrogen-bond donors (Lipinski definition) is 0. The average Bonchev–Trinajstić information content (AvgIpc) is 2.77. The van der Waals surface area contributed by atoms with Gasteiger partial charge >= 0.3 is 0 Å². The maximum atomic E-state index is 4.81. The van der Waals surface area contributed by atoms with E-state index in [1.807, 2.05) is 6.20 Å². The quantitative estimate of drug-likeness (QED) is 0.461. The summed E-state index contributed by atoms with van der Waals surface area (Å²) in [5.74, 6) is 0. The zero-order chi connectivity index (χ0) is 20.3. The first-order valence-corrected chi connectivity index (χ1v) is 10.2. The minimum absolute atomic E-state index is 0.114. The van der Waals surface area contributed by atoms with Crippen LogP contribution in [0.4, 0.5) is 0 Å². The molecule has 1 nitrogen and oxygen atoms in total. The fourth-order valence-electron chi connectivity index (χ4n) is 4.84. The minimum Gasteiger partial charge on any atom is -0.256 e. The molecular weight excluding hydrogens is 338 g/mol. The van der Waals surface area contributed by atoms with E-state index in [4.69, 9.17) is 4.98 Å². The van der Waals surface area contributed by atoms with Gasteiger partial charge in [-0.25, -0.2) is 0 Å². The minimum atomic E-state index is 0.114. The molecule has 1 aliphatic rings. The number of aromatic nitrogens is 1. The Kier molecular flexibility index (Phi) is 4.08. The van der Waals surface area contributed by atoms with Gasteiger partial charge in [0.1, 0.15) is 0 Å². The van der Waals surface area contributed by atoms with Gasteiger partial charge in [0.15, 0.2) is 0 Å². The van der Waals surface area contributed by atoms with E-state index < -0.39 is 0 Å². The van der Waals surface area contributed by atoms with Crippen LogP contribution in [0, 0.1) is 12.3 Å². The van der Waals surface area contributed by atoms with Crippen LogP contribution in [0.25, 0.3) is 22.4 Å². The lowest BCUT2D eigenvalue weighted by atomic mass is 9.59. The lowest BCUT2D eigenvalue weighted by molar-refractivity contribution is 0.125. The van der Waals surface area contributed by atoms with Crippen molar-refractivity contribution in [3.05, 3.63) is 77.5 Å². The van der Waals surface area contributed by atoms with Crippen molar-refractivity contribution in [3.8, 4) is 22.4 Å². The van der Waals surface area contributed by atoms with Crippen molar-refractivity contribution >= 4 is 0 Å². The molecular formula is C27H31N. The Hall–Kier alpha value is -2.41. The number of benzene rings is 2. The van der Waals surface area contributed by atoms with Crippen molar-refractivity contribution in [2.45, 2.75) is 59.3 Å². The van der Waals surface area contributed by atoms with Crippen molar-refractivity contribution in [2.24, 2.45) is 5.41 Å². The molecule has 0 atom stereocenters. The number of nitrogens with zero attached hydrogens (tertiary/aromatic N) is 1. The van der Waals surface area contributed by atoms with Gasteiger partial charge in [0, 0.05) is 17.3 Å². The van der Waals surface area contributed by atoms with Gasteiger partial charge in [0.2, 0.25) is 0 Å². The molecule has 0 aliphatic heterocycles. The maximum Gasteiger partial charge on any atom is 0.0702 e. The Balaban J connectivity index is 1.76. The molecule has 3 aromatic rings. The molecule has 1 heterocycles. The number of hydrogen-bond acceptors (Lipinski definition) is 1. The highest BCUT2D eigenvalue weighted by molar-refractivity contribution is 5.70. The predicted molar refractivity (Wildman–Crippen MR) is 120 cm³/mol. The summed E-state index contributed by atoms with van der Waals surface area (Å²) in [5.41, 5.74) is 9.33. The highest BCUT2D eigenvalue weighted by Crippen LogP contribution is 2.61. The Morgan fingerprint density at radius 3 is 1.96 bits per heavy atom. The van der Waals surface area contributed by atoms with Crippen LogP contribution in [0.15, 0.2) is 60.8 Å². The van der Waals surface area contributed by atoms with Gasteiger partial charge in [-0.1, -0.05) is 84.0 Å². The molecule has 0 radical (unpaired) electrons. The summed E-state index contributed by atoms with van der Waals surface area (Å²) in [6.07, 6.45) is 2.00. The van der Waals surface area contributed by atoms with E-state index in [9.17, 15) is 0 Å². The highest BCUT2D eigenvalue weighted by Gasteiger charge is 2.56. The van der Waals surface area contributed by atoms with E-state index in [2.05, 4.69) is 103 Å². The van der Waals surface area contributed by atoms with Crippen LogP contribution in [-0.2, 0) is 10.8 Å². The van der Waals surface area contributed by atoms with E-state index in [-0.39, 0.29) is 16.2 Å². The Morgan fingerprint density at radius 1 is 0.679 bits per heavy atom. The molecule has 1 aromatic heterocycles. The first kappa shape index (κ1) is 18.9. The molecule has 0 N–H and O–H groups in total. The normalized spacial score (nSPS) is 18.7. The lowest BCUT2D eigenvalue weighted by Crippen LogP contribution is -2.42. The lowest BCUT2D eigenvalue weighted by Gasteiger charge is -2.44. The number of pyridine rings is 1. The summed E-state index contributed by atoms with van der Waals surface area (Å²) < 4.78 is 0. The average molecular weight is 370 g/mol. The zero-order valence-corrected chi connectivity index (χ0v) is 18.2. The summed E-state index contributed by atoms with van der Waals surface area (Å²) >= 11 is 0. The summed E-state index contributed by atoms with van der Waals surface area (Å²) in [5, 5.41) is 0. The second-order valence-corrected chi connectivity index (χ2v) is 9.88. The summed E-state index contributed by atoms with van der Waals surface area (Å²) in [6, 6.07) is 19.8. The highest BCUT2D eigenvalue weighted by atomic mass is 14.7. The van der Waals surface area contributed by atoms with Crippen LogP contribution < -0.4 is 0 Å². The smallest absolute Gasteiger partial charge is 0.0702 e. The molecule has 4 rings (SSSR count). The standard InChI is InChI=1S/C27H31N/c1-18-10-8-9-11-21(18)20-13-15-24(28-17-20)19-12-14-22-23(16-19)26(4,5)27(6,7)25(22,2)3/h8-17H,1-7H3. The molecule has 0 unspecified atom stereocenters. The second-order valence-electron chi connectivity index (χ2n) is 9.88. The molecule has 0 saturated carbocycles. The molecule has 0 bridgehead atoms. The van der Waals surface area contributed by atoms with Crippen LogP contribution in [0.2, 0.25) is 0 Å². The van der Waals surface area contributed by atoms with Gasteiger partial charge in [0.25, 0.3) is 0 Å². The van der Waals surface area contributed by atoms with Crippen LogP contribution >= 0.6 is 0 Å². The molecule has 28 heavy (non-hydrogen) atoms. The maximum absolute atomic E-state index is 4.81.